The van der Waals surface area contributed by atoms with Gasteiger partial charge in [-0.1, -0.05) is 48.0 Å². The van der Waals surface area contributed by atoms with Crippen LogP contribution in [0.2, 0.25) is 0 Å². The zero-order chi connectivity index (χ0) is 24.1. The summed E-state index contributed by atoms with van der Waals surface area (Å²) in [5, 5.41) is 3.28. The molecule has 34 heavy (non-hydrogen) atoms. The Labute approximate surface area is 200 Å². The van der Waals surface area contributed by atoms with Crippen molar-refractivity contribution in [3.8, 4) is 0 Å². The van der Waals surface area contributed by atoms with Crippen molar-refractivity contribution in [2.45, 2.75) is 18.4 Å². The monoisotopic (exact) mass is 479 g/mol. The number of sulfonamides is 1. The lowest BCUT2D eigenvalue weighted by atomic mass is 10.2. The molecule has 178 valence electrons. The summed E-state index contributed by atoms with van der Waals surface area (Å²) in [7, 11) is -2.14. The summed E-state index contributed by atoms with van der Waals surface area (Å²) in [5.41, 5.74) is 2.58. The lowest BCUT2D eigenvalue weighted by Crippen LogP contribution is -2.44. The van der Waals surface area contributed by atoms with Gasteiger partial charge in [0.05, 0.1) is 16.1 Å². The molecule has 1 saturated heterocycles. The van der Waals surface area contributed by atoms with Crippen molar-refractivity contribution < 1.29 is 13.2 Å². The fourth-order valence-corrected chi connectivity index (χ4v) is 4.90. The molecule has 0 radical (unpaired) electrons. The zero-order valence-corrected chi connectivity index (χ0v) is 20.2. The van der Waals surface area contributed by atoms with Gasteiger partial charge in [-0.15, -0.1) is 0 Å². The highest BCUT2D eigenvalue weighted by Crippen LogP contribution is 2.28. The Balaban J connectivity index is 1.65. The smallest absolute Gasteiger partial charge is 0.262 e. The summed E-state index contributed by atoms with van der Waals surface area (Å²) in [6, 6.07) is 17.9. The number of nitrogens with zero attached hydrogens (tertiary/aromatic N) is 3. The maximum atomic E-state index is 13.1. The summed E-state index contributed by atoms with van der Waals surface area (Å²) in [6.07, 6.45) is 1.52. The highest BCUT2D eigenvalue weighted by molar-refractivity contribution is 7.92. The van der Waals surface area contributed by atoms with Crippen LogP contribution in [-0.4, -0.2) is 57.4 Å². The molecule has 1 aliphatic rings. The number of hydrogen-bond donors (Lipinski definition) is 2. The summed E-state index contributed by atoms with van der Waals surface area (Å²) in [6.45, 7) is 5.25. The Morgan fingerprint density at radius 1 is 1.09 bits per heavy atom. The van der Waals surface area contributed by atoms with Crippen LogP contribution in [0.15, 0.2) is 71.8 Å². The van der Waals surface area contributed by atoms with Gasteiger partial charge in [-0.05, 0) is 30.7 Å². The van der Waals surface area contributed by atoms with Crippen molar-refractivity contribution in [3.05, 3.63) is 83.6 Å². The molecule has 2 aromatic carbocycles. The molecule has 2 heterocycles. The van der Waals surface area contributed by atoms with Crippen molar-refractivity contribution in [3.63, 3.8) is 0 Å². The quantitative estimate of drug-likeness (QED) is 0.541. The third-order valence-electron chi connectivity index (χ3n) is 5.72. The van der Waals surface area contributed by atoms with Gasteiger partial charge in [-0.2, -0.15) is 0 Å². The Morgan fingerprint density at radius 3 is 2.44 bits per heavy atom. The second-order valence-electron chi connectivity index (χ2n) is 8.40. The van der Waals surface area contributed by atoms with E-state index in [4.69, 9.17) is 0 Å². The molecule has 1 fully saturated rings. The molecule has 1 amide bonds. The van der Waals surface area contributed by atoms with Crippen LogP contribution in [0.5, 0.6) is 0 Å². The molecule has 0 bridgehead atoms. The predicted octanol–water partition coefficient (Wildman–Crippen LogP) is 2.87. The van der Waals surface area contributed by atoms with Gasteiger partial charge in [0, 0.05) is 46.0 Å². The molecule has 1 aromatic heterocycles. The van der Waals surface area contributed by atoms with Crippen LogP contribution in [-0.2, 0) is 16.6 Å². The van der Waals surface area contributed by atoms with E-state index in [0.29, 0.717) is 36.7 Å². The van der Waals surface area contributed by atoms with E-state index < -0.39 is 10.0 Å². The highest BCUT2D eigenvalue weighted by Gasteiger charge is 2.23. The Kier molecular flexibility index (Phi) is 7.14. The van der Waals surface area contributed by atoms with Gasteiger partial charge in [-0.25, -0.2) is 13.4 Å². The van der Waals surface area contributed by atoms with Crippen molar-refractivity contribution in [1.82, 2.24) is 15.2 Å². The normalized spacial score (nSPS) is 14.0. The van der Waals surface area contributed by atoms with Gasteiger partial charge >= 0.3 is 0 Å². The number of carbonyl (C=O) groups excluding carboxylic acids is 1. The second-order valence-corrected chi connectivity index (χ2v) is 10.1. The van der Waals surface area contributed by atoms with Gasteiger partial charge < -0.3 is 15.1 Å². The zero-order valence-electron chi connectivity index (χ0n) is 19.4. The minimum Gasteiger partial charge on any atom is -0.352 e. The van der Waals surface area contributed by atoms with Crippen LogP contribution in [0.3, 0.4) is 0 Å². The summed E-state index contributed by atoms with van der Waals surface area (Å²) in [4.78, 5) is 21.4. The fraction of sp³-hybridized carbons (Fsp3) is 0.280. The molecule has 9 heteroatoms. The standard InChI is InChI=1S/C25H29N5O3S/c1-19-8-10-22(11-9-19)34(32,33)28-23-16-21(17-27-24(23)30-14-12-26-13-15-30)25(31)29(2)18-20-6-4-3-5-7-20/h3-11,16-17,26,28H,12-15,18H2,1-2H3. The van der Waals surface area contributed by atoms with Gasteiger partial charge in [0.1, 0.15) is 0 Å². The number of piperazine rings is 1. The minimum atomic E-state index is -3.86. The highest BCUT2D eigenvalue weighted by atomic mass is 32.2. The maximum Gasteiger partial charge on any atom is 0.262 e. The third kappa shape index (κ3) is 5.55. The van der Waals surface area contributed by atoms with Crippen molar-refractivity contribution >= 4 is 27.4 Å². The Hall–Kier alpha value is -3.43. The first-order valence-corrected chi connectivity index (χ1v) is 12.7. The number of pyridine rings is 1. The molecule has 0 spiro atoms. The molecule has 0 unspecified atom stereocenters. The number of amides is 1. The van der Waals surface area contributed by atoms with E-state index >= 15 is 0 Å². The molecule has 8 nitrogen and oxygen atoms in total. The lowest BCUT2D eigenvalue weighted by molar-refractivity contribution is 0.0784. The topological polar surface area (TPSA) is 94.6 Å². The number of aryl methyl sites for hydroxylation is 1. The molecule has 2 N–H and O–H groups in total. The van der Waals surface area contributed by atoms with Crippen LogP contribution in [0, 0.1) is 6.92 Å². The number of hydrogen-bond acceptors (Lipinski definition) is 6. The van der Waals surface area contributed by atoms with Gasteiger partial charge in [0.25, 0.3) is 15.9 Å². The Morgan fingerprint density at radius 2 is 1.76 bits per heavy atom. The van der Waals surface area contributed by atoms with E-state index in [0.717, 1.165) is 24.2 Å². The van der Waals surface area contributed by atoms with E-state index in [2.05, 4.69) is 15.0 Å². The largest absolute Gasteiger partial charge is 0.352 e. The molecular weight excluding hydrogens is 450 g/mol. The van der Waals surface area contributed by atoms with Gasteiger partial charge in [0.2, 0.25) is 0 Å². The molecular formula is C25H29N5O3S. The molecule has 0 saturated carbocycles. The van der Waals surface area contributed by atoms with Crippen LogP contribution in [0.1, 0.15) is 21.5 Å². The number of benzene rings is 2. The summed E-state index contributed by atoms with van der Waals surface area (Å²) >= 11 is 0. The van der Waals surface area contributed by atoms with Crippen LogP contribution in [0.25, 0.3) is 0 Å². The van der Waals surface area contributed by atoms with E-state index in [1.165, 1.54) is 6.20 Å². The van der Waals surface area contributed by atoms with E-state index in [1.807, 2.05) is 42.2 Å². The Bertz CT molecular complexity index is 1240. The maximum absolute atomic E-state index is 13.1. The molecule has 4 rings (SSSR count). The SMILES string of the molecule is Cc1ccc(S(=O)(=O)Nc2cc(C(=O)N(C)Cc3ccccc3)cnc2N2CCNCC2)cc1. The predicted molar refractivity (Wildman–Crippen MR) is 134 cm³/mol. The number of carbonyl (C=O) groups is 1. The van der Waals surface area contributed by atoms with Crippen LogP contribution >= 0.6 is 0 Å². The van der Waals surface area contributed by atoms with E-state index in [9.17, 15) is 13.2 Å². The third-order valence-corrected chi connectivity index (χ3v) is 7.10. The van der Waals surface area contributed by atoms with E-state index in [1.54, 1.807) is 42.3 Å². The first-order valence-electron chi connectivity index (χ1n) is 11.2. The molecule has 3 aromatic rings. The first kappa shape index (κ1) is 23.7. The summed E-state index contributed by atoms with van der Waals surface area (Å²) in [5.74, 6) is 0.276. The second kappa shape index (κ2) is 10.2. The number of aromatic nitrogens is 1. The van der Waals surface area contributed by atoms with Crippen molar-refractivity contribution in [1.29, 1.82) is 0 Å². The average molecular weight is 480 g/mol. The fourth-order valence-electron chi connectivity index (χ4n) is 3.85. The molecule has 0 atom stereocenters. The van der Waals surface area contributed by atoms with Crippen molar-refractivity contribution in [2.24, 2.45) is 0 Å². The van der Waals surface area contributed by atoms with Gasteiger partial charge in [-0.3, -0.25) is 9.52 Å². The summed E-state index contributed by atoms with van der Waals surface area (Å²) < 4.78 is 29.0. The number of nitrogens with one attached hydrogen (secondary N) is 2. The van der Waals surface area contributed by atoms with Crippen molar-refractivity contribution in [2.75, 3.05) is 42.8 Å². The molecule has 1 aliphatic heterocycles. The van der Waals surface area contributed by atoms with Crippen LogP contribution in [0.4, 0.5) is 11.5 Å². The lowest BCUT2D eigenvalue weighted by Gasteiger charge is -2.30. The van der Waals surface area contributed by atoms with Gasteiger partial charge in [0.15, 0.2) is 5.82 Å². The van der Waals surface area contributed by atoms with E-state index in [-0.39, 0.29) is 10.8 Å². The molecule has 0 aliphatic carbocycles. The average Bonchev–Trinajstić information content (AvgIpc) is 2.84. The first-order chi connectivity index (χ1) is 16.3. The minimum absolute atomic E-state index is 0.155. The number of rotatable bonds is 7. The number of anilines is 2. The van der Waals surface area contributed by atoms with Crippen LogP contribution < -0.4 is 14.9 Å².